The van der Waals surface area contributed by atoms with Crippen molar-refractivity contribution in [2.45, 2.75) is 57.5 Å². The van der Waals surface area contributed by atoms with Crippen LogP contribution < -0.4 is 0 Å². The van der Waals surface area contributed by atoms with Gasteiger partial charge in [0.2, 0.25) is 0 Å². The molecule has 0 saturated carbocycles. The Morgan fingerprint density at radius 2 is 2.09 bits per heavy atom. The van der Waals surface area contributed by atoms with E-state index in [1.54, 1.807) is 28.3 Å². The maximum absolute atomic E-state index is 9.30. The Kier molecular flexibility index (Phi) is 14.3. The number of rotatable bonds is 5. The number of hydrogen-bond acceptors (Lipinski definition) is 5. The van der Waals surface area contributed by atoms with E-state index in [-0.39, 0.29) is 18.3 Å². The first-order chi connectivity index (χ1) is 11.1. The third-order valence-corrected chi connectivity index (χ3v) is 3.30. The highest BCUT2D eigenvalue weighted by atomic mass is 127. The average molecular weight is 455 g/mol. The summed E-state index contributed by atoms with van der Waals surface area (Å²) in [6, 6.07) is 0. The Morgan fingerprint density at radius 1 is 1.43 bits per heavy atom. The lowest BCUT2D eigenvalue weighted by Crippen LogP contribution is -2.25. The number of aliphatic hydroxyl groups excluding tert-OH is 1. The lowest BCUT2D eigenvalue weighted by molar-refractivity contribution is 0.0250. The molecule has 1 N–H and O–H groups in total. The number of halogens is 1. The zero-order valence-corrected chi connectivity index (χ0v) is 17.1. The summed E-state index contributed by atoms with van der Waals surface area (Å²) in [6.07, 6.45) is 10.6. The maximum Gasteiger partial charge on any atom is 0.119 e. The molecule has 134 valence electrons. The SMILES string of the molecule is C=C1CC(O)CC(C=CC)O1.CC=CC(CC1CO1)OC.[S-]I. The first kappa shape index (κ1) is 23.0. The molecule has 4 atom stereocenters. The molecule has 2 aliphatic rings. The molecule has 0 aromatic heterocycles. The monoisotopic (exact) mass is 455 g/mol. The summed E-state index contributed by atoms with van der Waals surface area (Å²) in [5, 5.41) is 9.30. The van der Waals surface area contributed by atoms with Gasteiger partial charge in [0.05, 0.1) is 30.7 Å². The number of allylic oxidation sites excluding steroid dienone is 2. The summed E-state index contributed by atoms with van der Waals surface area (Å²) in [6.45, 7) is 8.53. The summed E-state index contributed by atoms with van der Waals surface area (Å²) >= 11 is 1.73. The molecule has 0 bridgehead atoms. The van der Waals surface area contributed by atoms with Gasteiger partial charge in [0, 0.05) is 26.4 Å². The van der Waals surface area contributed by atoms with Crippen LogP contribution in [0.4, 0.5) is 0 Å². The largest absolute Gasteiger partial charge is 0.713 e. The molecular formula is C17H28IO4S-. The van der Waals surface area contributed by atoms with Crippen LogP contribution in [-0.2, 0) is 24.0 Å². The van der Waals surface area contributed by atoms with Gasteiger partial charge in [-0.15, -0.1) is 0 Å². The third kappa shape index (κ3) is 12.1. The van der Waals surface area contributed by atoms with E-state index < -0.39 is 0 Å². The molecule has 0 aliphatic carbocycles. The second kappa shape index (κ2) is 14.3. The highest BCUT2D eigenvalue weighted by Crippen LogP contribution is 2.21. The number of ether oxygens (including phenoxy) is 3. The molecule has 0 aromatic carbocycles. The average Bonchev–Trinajstić information content (AvgIpc) is 3.33. The molecular weight excluding hydrogens is 427 g/mol. The molecule has 0 amide bonds. The zero-order valence-electron chi connectivity index (χ0n) is 14.1. The smallest absolute Gasteiger partial charge is 0.119 e. The van der Waals surface area contributed by atoms with E-state index >= 15 is 0 Å². The summed E-state index contributed by atoms with van der Waals surface area (Å²) in [4.78, 5) is 0. The first-order valence-electron chi connectivity index (χ1n) is 7.67. The van der Waals surface area contributed by atoms with Gasteiger partial charge in [-0.2, -0.15) is 0 Å². The Hall–Kier alpha value is -0.0200. The summed E-state index contributed by atoms with van der Waals surface area (Å²) in [5.41, 5.74) is 0. The van der Waals surface area contributed by atoms with Crippen molar-refractivity contribution in [2.24, 2.45) is 0 Å². The zero-order chi connectivity index (χ0) is 17.7. The standard InChI is InChI=1S/C9H14O2.C8H14O2.IS/c1-3-4-9-6-8(10)5-7(2)11-9;1-3-4-7(9-2)5-8-6-10-8;1-2/h3-4,8-10H,2,5-6H2,1H3;3-4,7-8H,5-6H2,1-2H3;/q;;-1. The maximum atomic E-state index is 9.30. The van der Waals surface area contributed by atoms with Crippen molar-refractivity contribution in [2.75, 3.05) is 13.7 Å². The molecule has 2 heterocycles. The lowest BCUT2D eigenvalue weighted by Gasteiger charge is -2.26. The van der Waals surface area contributed by atoms with Crippen molar-refractivity contribution >= 4 is 31.0 Å². The Morgan fingerprint density at radius 3 is 2.52 bits per heavy atom. The molecule has 0 radical (unpaired) electrons. The summed E-state index contributed by atoms with van der Waals surface area (Å²) in [5.74, 6) is 0.687. The fourth-order valence-corrected chi connectivity index (χ4v) is 2.19. The van der Waals surface area contributed by atoms with Crippen molar-refractivity contribution in [1.82, 2.24) is 0 Å². The second-order valence-electron chi connectivity index (χ2n) is 5.31. The minimum atomic E-state index is -0.280. The quantitative estimate of drug-likeness (QED) is 0.295. The van der Waals surface area contributed by atoms with Crippen molar-refractivity contribution in [3.63, 3.8) is 0 Å². The van der Waals surface area contributed by atoms with E-state index in [9.17, 15) is 5.11 Å². The Labute approximate surface area is 158 Å². The number of methoxy groups -OCH3 is 1. The first-order valence-corrected chi connectivity index (χ1v) is 10.6. The second-order valence-corrected chi connectivity index (χ2v) is 5.31. The highest BCUT2D eigenvalue weighted by molar-refractivity contribution is 14.2. The fraction of sp³-hybridized carbons (Fsp3) is 0.647. The van der Waals surface area contributed by atoms with E-state index in [0.29, 0.717) is 24.7 Å². The van der Waals surface area contributed by atoms with E-state index in [1.165, 1.54) is 0 Å². The molecule has 2 saturated heterocycles. The van der Waals surface area contributed by atoms with Crippen LogP contribution in [0.5, 0.6) is 0 Å². The van der Waals surface area contributed by atoms with E-state index in [2.05, 4.69) is 22.5 Å². The number of aliphatic hydroxyl groups is 1. The van der Waals surface area contributed by atoms with Crippen molar-refractivity contribution < 1.29 is 19.3 Å². The van der Waals surface area contributed by atoms with Crippen LogP contribution in [0.1, 0.15) is 33.1 Å². The predicted molar refractivity (Wildman–Crippen MR) is 105 cm³/mol. The van der Waals surface area contributed by atoms with Gasteiger partial charge >= 0.3 is 0 Å². The van der Waals surface area contributed by atoms with Crippen LogP contribution in [0.25, 0.3) is 0 Å². The number of epoxide rings is 1. The number of hydrogen-bond donors (Lipinski definition) is 1. The summed E-state index contributed by atoms with van der Waals surface area (Å²) < 4.78 is 15.6. The minimum absolute atomic E-state index is 0.0243. The van der Waals surface area contributed by atoms with Gasteiger partial charge in [0.1, 0.15) is 6.10 Å². The molecule has 6 heteroatoms. The van der Waals surface area contributed by atoms with Gasteiger partial charge in [-0.05, 0) is 19.9 Å². The third-order valence-electron chi connectivity index (χ3n) is 3.30. The van der Waals surface area contributed by atoms with Gasteiger partial charge in [-0.3, -0.25) is 21.2 Å². The molecule has 4 nitrogen and oxygen atoms in total. The van der Waals surface area contributed by atoms with Crippen LogP contribution in [0, 0.1) is 0 Å². The Bertz CT molecular complexity index is 370. The van der Waals surface area contributed by atoms with Crippen molar-refractivity contribution in [1.29, 1.82) is 0 Å². The van der Waals surface area contributed by atoms with Crippen LogP contribution in [0.15, 0.2) is 36.6 Å². The molecule has 2 fully saturated rings. The molecule has 2 rings (SSSR count). The van der Waals surface area contributed by atoms with Gasteiger partial charge in [0.15, 0.2) is 0 Å². The molecule has 23 heavy (non-hydrogen) atoms. The molecule has 2 aliphatic heterocycles. The van der Waals surface area contributed by atoms with Gasteiger partial charge in [-0.1, -0.05) is 24.8 Å². The van der Waals surface area contributed by atoms with Gasteiger partial charge in [0.25, 0.3) is 0 Å². The van der Waals surface area contributed by atoms with E-state index in [0.717, 1.165) is 13.0 Å². The van der Waals surface area contributed by atoms with Crippen LogP contribution in [-0.4, -0.2) is 43.2 Å². The molecule has 4 unspecified atom stereocenters. The molecule has 0 aromatic rings. The molecule has 0 spiro atoms. The van der Waals surface area contributed by atoms with E-state index in [1.807, 2.05) is 32.1 Å². The fourth-order valence-electron chi connectivity index (χ4n) is 2.19. The topological polar surface area (TPSA) is 51.2 Å². The predicted octanol–water partition coefficient (Wildman–Crippen LogP) is 3.87. The Balaban J connectivity index is 0.000000381. The van der Waals surface area contributed by atoms with Crippen LogP contribution in [0.3, 0.4) is 0 Å². The summed E-state index contributed by atoms with van der Waals surface area (Å²) in [7, 11) is 5.78. The van der Waals surface area contributed by atoms with Gasteiger partial charge < -0.3 is 29.1 Å². The minimum Gasteiger partial charge on any atom is -0.713 e. The van der Waals surface area contributed by atoms with Crippen molar-refractivity contribution in [3.8, 4) is 0 Å². The van der Waals surface area contributed by atoms with Gasteiger partial charge in [-0.25, -0.2) is 0 Å². The van der Waals surface area contributed by atoms with Crippen LogP contribution >= 0.6 is 21.2 Å². The highest BCUT2D eigenvalue weighted by Gasteiger charge is 2.25. The normalized spacial score (nSPS) is 27.6. The van der Waals surface area contributed by atoms with E-state index in [4.69, 9.17) is 14.2 Å². The van der Waals surface area contributed by atoms with Crippen molar-refractivity contribution in [3.05, 3.63) is 36.6 Å². The van der Waals surface area contributed by atoms with Crippen LogP contribution in [0.2, 0.25) is 0 Å². The lowest BCUT2D eigenvalue weighted by atomic mass is 10.0.